The number of hydrogen-bond acceptors (Lipinski definition) is 3. The van der Waals surface area contributed by atoms with Crippen LogP contribution in [0.1, 0.15) is 50.6 Å². The Hall–Kier alpha value is -2.89. The maximum Gasteiger partial charge on any atom is 0.246 e. The summed E-state index contributed by atoms with van der Waals surface area (Å²) in [4.78, 5) is 27.0. The molecule has 166 valence electrons. The third-order valence-corrected chi connectivity index (χ3v) is 6.29. The first kappa shape index (κ1) is 22.8. The van der Waals surface area contributed by atoms with Gasteiger partial charge < -0.3 is 10.2 Å². The van der Waals surface area contributed by atoms with Crippen LogP contribution in [0.15, 0.2) is 36.4 Å². The van der Waals surface area contributed by atoms with Gasteiger partial charge >= 0.3 is 0 Å². The van der Waals surface area contributed by atoms with Gasteiger partial charge in [0.05, 0.1) is 11.4 Å². The zero-order valence-electron chi connectivity index (χ0n) is 19.3. The molecular weight excluding hydrogens is 388 g/mol. The Morgan fingerprint density at radius 2 is 1.74 bits per heavy atom. The van der Waals surface area contributed by atoms with E-state index in [0.717, 1.165) is 22.6 Å². The molecule has 0 spiro atoms. The van der Waals surface area contributed by atoms with Crippen molar-refractivity contribution in [3.63, 3.8) is 0 Å². The minimum atomic E-state index is -0.0133. The molecular formula is C25H34N4O2. The first-order valence-electron chi connectivity index (χ1n) is 11.2. The summed E-state index contributed by atoms with van der Waals surface area (Å²) in [6.07, 6.45) is 4.91. The SMILES string of the molecule is Cc1nn(-c2ccccc2)c(C)c1/C=C/C(=O)N1CCC(C(=O)NC(C)C(C)C)CC1. The van der Waals surface area contributed by atoms with E-state index in [1.54, 1.807) is 6.08 Å². The zero-order chi connectivity index (χ0) is 22.5. The largest absolute Gasteiger partial charge is 0.353 e. The third kappa shape index (κ3) is 5.43. The summed E-state index contributed by atoms with van der Waals surface area (Å²) in [7, 11) is 0. The van der Waals surface area contributed by atoms with Crippen LogP contribution >= 0.6 is 0 Å². The van der Waals surface area contributed by atoms with Gasteiger partial charge in [0.2, 0.25) is 11.8 Å². The number of likely N-dealkylation sites (tertiary alicyclic amines) is 1. The number of para-hydroxylation sites is 1. The van der Waals surface area contributed by atoms with E-state index >= 15 is 0 Å². The maximum absolute atomic E-state index is 12.7. The molecule has 1 aliphatic rings. The zero-order valence-corrected chi connectivity index (χ0v) is 19.3. The molecule has 1 fully saturated rings. The summed E-state index contributed by atoms with van der Waals surface area (Å²) in [5, 5.41) is 7.73. The van der Waals surface area contributed by atoms with Crippen LogP contribution in [-0.2, 0) is 9.59 Å². The summed E-state index contributed by atoms with van der Waals surface area (Å²) in [5.41, 5.74) is 3.86. The van der Waals surface area contributed by atoms with Gasteiger partial charge in [-0.05, 0) is 57.7 Å². The van der Waals surface area contributed by atoms with Crippen molar-refractivity contribution in [2.75, 3.05) is 13.1 Å². The van der Waals surface area contributed by atoms with Crippen LogP contribution < -0.4 is 5.32 Å². The molecule has 6 nitrogen and oxygen atoms in total. The monoisotopic (exact) mass is 422 g/mol. The number of hydrogen-bond donors (Lipinski definition) is 1. The number of carbonyl (C=O) groups excluding carboxylic acids is 2. The molecule has 0 saturated carbocycles. The van der Waals surface area contributed by atoms with E-state index in [2.05, 4.69) is 24.3 Å². The minimum Gasteiger partial charge on any atom is -0.353 e. The Morgan fingerprint density at radius 3 is 2.35 bits per heavy atom. The van der Waals surface area contributed by atoms with Crippen molar-refractivity contribution in [1.29, 1.82) is 0 Å². The van der Waals surface area contributed by atoms with Gasteiger partial charge in [0.1, 0.15) is 0 Å². The van der Waals surface area contributed by atoms with Crippen molar-refractivity contribution < 1.29 is 9.59 Å². The lowest BCUT2D eigenvalue weighted by molar-refractivity contribution is -0.132. The molecule has 1 unspecified atom stereocenters. The van der Waals surface area contributed by atoms with Crippen molar-refractivity contribution in [2.24, 2.45) is 11.8 Å². The number of carbonyl (C=O) groups is 2. The highest BCUT2D eigenvalue weighted by Crippen LogP contribution is 2.21. The smallest absolute Gasteiger partial charge is 0.246 e. The standard InChI is InChI=1S/C25H34N4O2/c1-17(2)18(3)26-25(31)21-13-15-28(16-14-21)24(30)12-11-23-19(4)27-29(20(23)5)22-9-7-6-8-10-22/h6-12,17-18,21H,13-16H2,1-5H3,(H,26,31)/b12-11+. The van der Waals surface area contributed by atoms with Crippen molar-refractivity contribution in [3.8, 4) is 5.69 Å². The predicted molar refractivity (Wildman–Crippen MR) is 124 cm³/mol. The normalized spacial score (nSPS) is 16.1. The van der Waals surface area contributed by atoms with Gasteiger partial charge in [-0.15, -0.1) is 0 Å². The van der Waals surface area contributed by atoms with Crippen LogP contribution in [0.25, 0.3) is 11.8 Å². The molecule has 6 heteroatoms. The fraction of sp³-hybridized carbons (Fsp3) is 0.480. The van der Waals surface area contributed by atoms with E-state index < -0.39 is 0 Å². The predicted octanol–water partition coefficient (Wildman–Crippen LogP) is 3.90. The number of benzene rings is 1. The number of rotatable bonds is 6. The first-order valence-corrected chi connectivity index (χ1v) is 11.2. The molecule has 1 aromatic carbocycles. The molecule has 0 radical (unpaired) electrons. The van der Waals surface area contributed by atoms with Crippen LogP contribution in [0.4, 0.5) is 0 Å². The van der Waals surface area contributed by atoms with Gasteiger partial charge in [-0.3, -0.25) is 9.59 Å². The maximum atomic E-state index is 12.7. The van der Waals surface area contributed by atoms with Crippen LogP contribution in [0.3, 0.4) is 0 Å². The minimum absolute atomic E-state index is 0.0113. The molecule has 2 heterocycles. The fourth-order valence-corrected chi connectivity index (χ4v) is 3.85. The van der Waals surface area contributed by atoms with Crippen molar-refractivity contribution in [2.45, 2.75) is 53.5 Å². The Balaban J connectivity index is 1.59. The molecule has 3 rings (SSSR count). The number of piperidine rings is 1. The van der Waals surface area contributed by atoms with E-state index in [1.807, 2.05) is 66.8 Å². The van der Waals surface area contributed by atoms with Crippen molar-refractivity contribution in [3.05, 3.63) is 53.4 Å². The van der Waals surface area contributed by atoms with Crippen LogP contribution in [-0.4, -0.2) is 45.6 Å². The van der Waals surface area contributed by atoms with Gasteiger partial charge in [0.15, 0.2) is 0 Å². The molecule has 2 amide bonds. The lowest BCUT2D eigenvalue weighted by atomic mass is 9.94. The number of nitrogens with zero attached hydrogens (tertiary/aromatic N) is 3. The molecule has 0 aliphatic carbocycles. The third-order valence-electron chi connectivity index (χ3n) is 6.29. The Kier molecular flexibility index (Phi) is 7.31. The Bertz CT molecular complexity index is 938. The second-order valence-electron chi connectivity index (χ2n) is 8.81. The van der Waals surface area contributed by atoms with E-state index in [-0.39, 0.29) is 23.8 Å². The summed E-state index contributed by atoms with van der Waals surface area (Å²) in [6, 6.07) is 10.1. The average Bonchev–Trinajstić information content (AvgIpc) is 3.06. The van der Waals surface area contributed by atoms with Crippen LogP contribution in [0.5, 0.6) is 0 Å². The van der Waals surface area contributed by atoms with Crippen LogP contribution in [0.2, 0.25) is 0 Å². The highest BCUT2D eigenvalue weighted by molar-refractivity contribution is 5.92. The molecule has 0 bridgehead atoms. The van der Waals surface area contributed by atoms with Gasteiger partial charge in [0.25, 0.3) is 0 Å². The Morgan fingerprint density at radius 1 is 1.10 bits per heavy atom. The van der Waals surface area contributed by atoms with Crippen molar-refractivity contribution >= 4 is 17.9 Å². The number of amides is 2. The average molecular weight is 423 g/mol. The number of nitrogens with one attached hydrogen (secondary N) is 1. The lowest BCUT2D eigenvalue weighted by Crippen LogP contribution is -2.45. The summed E-state index contributed by atoms with van der Waals surface area (Å²) >= 11 is 0. The molecule has 1 atom stereocenters. The lowest BCUT2D eigenvalue weighted by Gasteiger charge is -2.31. The molecule has 1 aliphatic heterocycles. The number of aryl methyl sites for hydroxylation is 1. The van der Waals surface area contributed by atoms with Gasteiger partial charge in [-0.1, -0.05) is 32.0 Å². The number of aromatic nitrogens is 2. The topological polar surface area (TPSA) is 67.2 Å². The summed E-state index contributed by atoms with van der Waals surface area (Å²) < 4.78 is 1.90. The first-order chi connectivity index (χ1) is 14.8. The summed E-state index contributed by atoms with van der Waals surface area (Å²) in [6.45, 7) is 11.4. The molecule has 31 heavy (non-hydrogen) atoms. The highest BCUT2D eigenvalue weighted by atomic mass is 16.2. The molecule has 1 aromatic heterocycles. The molecule has 2 aromatic rings. The van der Waals surface area contributed by atoms with E-state index in [1.165, 1.54) is 0 Å². The highest BCUT2D eigenvalue weighted by Gasteiger charge is 2.27. The van der Waals surface area contributed by atoms with Gasteiger partial charge in [0, 0.05) is 42.4 Å². The second kappa shape index (κ2) is 9.94. The summed E-state index contributed by atoms with van der Waals surface area (Å²) in [5.74, 6) is 0.501. The van der Waals surface area contributed by atoms with Gasteiger partial charge in [-0.25, -0.2) is 4.68 Å². The Labute approximate surface area is 185 Å². The van der Waals surface area contributed by atoms with Crippen LogP contribution in [0, 0.1) is 25.7 Å². The molecule has 1 N–H and O–H groups in total. The fourth-order valence-electron chi connectivity index (χ4n) is 3.85. The van der Waals surface area contributed by atoms with E-state index in [0.29, 0.717) is 31.8 Å². The van der Waals surface area contributed by atoms with Gasteiger partial charge in [-0.2, -0.15) is 5.10 Å². The second-order valence-corrected chi connectivity index (χ2v) is 8.81. The van der Waals surface area contributed by atoms with E-state index in [4.69, 9.17) is 0 Å². The molecule has 1 saturated heterocycles. The van der Waals surface area contributed by atoms with Crippen molar-refractivity contribution in [1.82, 2.24) is 20.0 Å². The quantitative estimate of drug-likeness (QED) is 0.718. The van der Waals surface area contributed by atoms with E-state index in [9.17, 15) is 9.59 Å².